The van der Waals surface area contributed by atoms with Crippen molar-refractivity contribution in [3.05, 3.63) is 23.8 Å². The Morgan fingerprint density at radius 2 is 1.80 bits per heavy atom. The predicted molar refractivity (Wildman–Crippen MR) is 118 cm³/mol. The third-order valence-electron chi connectivity index (χ3n) is 6.40. The number of ether oxygens (including phenoxy) is 1. The number of rotatable bonds is 6. The van der Waals surface area contributed by atoms with Gasteiger partial charge in [0.2, 0.25) is 0 Å². The summed E-state index contributed by atoms with van der Waals surface area (Å²) in [6.45, 7) is 3.22. The van der Waals surface area contributed by atoms with E-state index in [2.05, 4.69) is 20.9 Å². The first-order chi connectivity index (χ1) is 14.7. The van der Waals surface area contributed by atoms with Crippen LogP contribution in [0.1, 0.15) is 68.1 Å². The molecule has 1 aromatic rings. The minimum absolute atomic E-state index is 0.103. The Balaban J connectivity index is 1.43. The van der Waals surface area contributed by atoms with Crippen molar-refractivity contribution in [2.75, 3.05) is 36.5 Å². The van der Waals surface area contributed by atoms with Gasteiger partial charge in [-0.1, -0.05) is 19.3 Å². The van der Waals surface area contributed by atoms with Crippen LogP contribution in [0.15, 0.2) is 18.2 Å². The molecule has 2 heterocycles. The molecular weight excluding hydrogens is 380 g/mol. The number of urea groups is 1. The summed E-state index contributed by atoms with van der Waals surface area (Å²) in [6, 6.07) is 5.71. The van der Waals surface area contributed by atoms with Crippen molar-refractivity contribution in [1.82, 2.24) is 10.6 Å². The van der Waals surface area contributed by atoms with Crippen molar-refractivity contribution >= 4 is 23.3 Å². The number of amides is 3. The molecule has 2 aliphatic heterocycles. The molecule has 0 spiro atoms. The van der Waals surface area contributed by atoms with Crippen LogP contribution in [-0.2, 0) is 4.74 Å². The predicted octanol–water partition coefficient (Wildman–Crippen LogP) is 3.65. The van der Waals surface area contributed by atoms with Crippen LogP contribution in [-0.4, -0.2) is 50.3 Å². The standard InChI is InChI=1S/C23H34N4O3/c28-22(24-16-19-9-6-14-30-19)20-15-18(10-11-21(20)27-12-4-5-13-27)26-23(29)25-17-7-2-1-3-8-17/h10-11,15,17,19H,1-9,12-14,16H2,(H,24,28)(H2,25,26,29). The van der Waals surface area contributed by atoms with Crippen molar-refractivity contribution in [2.24, 2.45) is 0 Å². The molecule has 4 rings (SSSR count). The molecule has 7 heteroatoms. The Kier molecular flexibility index (Phi) is 7.10. The van der Waals surface area contributed by atoms with Gasteiger partial charge in [-0.25, -0.2) is 4.79 Å². The van der Waals surface area contributed by atoms with Crippen molar-refractivity contribution in [2.45, 2.75) is 69.9 Å². The zero-order valence-corrected chi connectivity index (χ0v) is 17.8. The van der Waals surface area contributed by atoms with Crippen LogP contribution < -0.4 is 20.9 Å². The van der Waals surface area contributed by atoms with Crippen LogP contribution in [0.2, 0.25) is 0 Å². The molecule has 30 heavy (non-hydrogen) atoms. The van der Waals surface area contributed by atoms with Gasteiger partial charge >= 0.3 is 6.03 Å². The van der Waals surface area contributed by atoms with Crippen LogP contribution in [0.3, 0.4) is 0 Å². The lowest BCUT2D eigenvalue weighted by molar-refractivity contribution is 0.0858. The van der Waals surface area contributed by atoms with E-state index in [1.165, 1.54) is 19.3 Å². The van der Waals surface area contributed by atoms with Gasteiger partial charge in [-0.2, -0.15) is 0 Å². The second-order valence-electron chi connectivity index (χ2n) is 8.70. The molecule has 3 aliphatic rings. The van der Waals surface area contributed by atoms with Gasteiger partial charge in [0.25, 0.3) is 5.91 Å². The molecular formula is C23H34N4O3. The van der Waals surface area contributed by atoms with Gasteiger partial charge in [-0.15, -0.1) is 0 Å². The first-order valence-electron chi connectivity index (χ1n) is 11.6. The molecule has 7 nitrogen and oxygen atoms in total. The molecule has 0 radical (unpaired) electrons. The van der Waals surface area contributed by atoms with E-state index in [-0.39, 0.29) is 24.1 Å². The monoisotopic (exact) mass is 414 g/mol. The van der Waals surface area contributed by atoms with Gasteiger partial charge in [0.05, 0.1) is 11.7 Å². The highest BCUT2D eigenvalue weighted by molar-refractivity contribution is 6.02. The molecule has 164 valence electrons. The number of benzene rings is 1. The second-order valence-corrected chi connectivity index (χ2v) is 8.70. The van der Waals surface area contributed by atoms with E-state index in [4.69, 9.17) is 4.74 Å². The number of anilines is 2. The van der Waals surface area contributed by atoms with Gasteiger partial charge < -0.3 is 25.6 Å². The van der Waals surface area contributed by atoms with Crippen LogP contribution in [0.25, 0.3) is 0 Å². The van der Waals surface area contributed by atoms with Gasteiger partial charge in [0.1, 0.15) is 0 Å². The van der Waals surface area contributed by atoms with E-state index in [9.17, 15) is 9.59 Å². The fraction of sp³-hybridized carbons (Fsp3) is 0.652. The van der Waals surface area contributed by atoms with Gasteiger partial charge in [-0.3, -0.25) is 4.79 Å². The number of carbonyl (C=O) groups is 2. The van der Waals surface area contributed by atoms with Gasteiger partial charge in [0, 0.05) is 43.7 Å². The van der Waals surface area contributed by atoms with Crippen LogP contribution in [0.5, 0.6) is 0 Å². The number of nitrogens with zero attached hydrogens (tertiary/aromatic N) is 1. The summed E-state index contributed by atoms with van der Waals surface area (Å²) in [5.74, 6) is -0.108. The minimum Gasteiger partial charge on any atom is -0.376 e. The molecule has 1 saturated carbocycles. The lowest BCUT2D eigenvalue weighted by Gasteiger charge is -2.24. The molecule has 1 atom stereocenters. The maximum Gasteiger partial charge on any atom is 0.319 e. The summed E-state index contributed by atoms with van der Waals surface area (Å²) >= 11 is 0. The molecule has 3 N–H and O–H groups in total. The van der Waals surface area contributed by atoms with Crippen molar-refractivity contribution < 1.29 is 14.3 Å². The van der Waals surface area contributed by atoms with Crippen molar-refractivity contribution in [3.63, 3.8) is 0 Å². The zero-order chi connectivity index (χ0) is 20.8. The van der Waals surface area contributed by atoms with E-state index in [1.807, 2.05) is 12.1 Å². The van der Waals surface area contributed by atoms with Gasteiger partial charge in [-0.05, 0) is 56.7 Å². The van der Waals surface area contributed by atoms with E-state index in [0.29, 0.717) is 17.8 Å². The average molecular weight is 415 g/mol. The topological polar surface area (TPSA) is 82.7 Å². The highest BCUT2D eigenvalue weighted by Crippen LogP contribution is 2.28. The summed E-state index contributed by atoms with van der Waals surface area (Å²) in [5, 5.41) is 9.03. The number of nitrogens with one attached hydrogen (secondary N) is 3. The quantitative estimate of drug-likeness (QED) is 0.664. The SMILES string of the molecule is O=C(Nc1ccc(N2CCCC2)c(C(=O)NCC2CCCO2)c1)NC1CCCCC1. The van der Waals surface area contributed by atoms with E-state index < -0.39 is 0 Å². The summed E-state index contributed by atoms with van der Waals surface area (Å²) in [6.07, 6.45) is 10.1. The maximum atomic E-state index is 13.0. The Hall–Kier alpha value is -2.28. The van der Waals surface area contributed by atoms with Crippen molar-refractivity contribution in [1.29, 1.82) is 0 Å². The Labute approximate surface area is 178 Å². The summed E-state index contributed by atoms with van der Waals surface area (Å²) in [5.41, 5.74) is 2.20. The number of hydrogen-bond acceptors (Lipinski definition) is 4. The van der Waals surface area contributed by atoms with E-state index in [0.717, 1.165) is 63.9 Å². The smallest absolute Gasteiger partial charge is 0.319 e. The van der Waals surface area contributed by atoms with Crippen LogP contribution >= 0.6 is 0 Å². The lowest BCUT2D eigenvalue weighted by atomic mass is 9.96. The summed E-state index contributed by atoms with van der Waals surface area (Å²) in [7, 11) is 0. The second kappa shape index (κ2) is 10.2. The summed E-state index contributed by atoms with van der Waals surface area (Å²) < 4.78 is 5.63. The normalized spacial score (nSPS) is 22.1. The highest BCUT2D eigenvalue weighted by Gasteiger charge is 2.23. The molecule has 1 unspecified atom stereocenters. The Morgan fingerprint density at radius 3 is 2.53 bits per heavy atom. The molecule has 0 bridgehead atoms. The number of hydrogen-bond donors (Lipinski definition) is 3. The summed E-state index contributed by atoms with van der Waals surface area (Å²) in [4.78, 5) is 27.7. The maximum absolute atomic E-state index is 13.0. The van der Waals surface area contributed by atoms with E-state index >= 15 is 0 Å². The molecule has 0 aromatic heterocycles. The molecule has 3 amide bonds. The first kappa shape index (κ1) is 21.0. The van der Waals surface area contributed by atoms with Crippen molar-refractivity contribution in [3.8, 4) is 0 Å². The fourth-order valence-electron chi connectivity index (χ4n) is 4.74. The minimum atomic E-state index is -0.193. The first-order valence-corrected chi connectivity index (χ1v) is 11.6. The highest BCUT2D eigenvalue weighted by atomic mass is 16.5. The lowest BCUT2D eigenvalue weighted by Crippen LogP contribution is -2.39. The average Bonchev–Trinajstić information content (AvgIpc) is 3.47. The molecule has 1 aliphatic carbocycles. The Morgan fingerprint density at radius 1 is 1.00 bits per heavy atom. The zero-order valence-electron chi connectivity index (χ0n) is 17.8. The van der Waals surface area contributed by atoms with Crippen LogP contribution in [0.4, 0.5) is 16.2 Å². The molecule has 3 fully saturated rings. The third kappa shape index (κ3) is 5.45. The third-order valence-corrected chi connectivity index (χ3v) is 6.40. The fourth-order valence-corrected chi connectivity index (χ4v) is 4.74. The van der Waals surface area contributed by atoms with E-state index in [1.54, 1.807) is 6.07 Å². The van der Waals surface area contributed by atoms with Crippen LogP contribution in [0, 0.1) is 0 Å². The number of carbonyl (C=O) groups excluding carboxylic acids is 2. The largest absolute Gasteiger partial charge is 0.376 e. The molecule has 2 saturated heterocycles. The van der Waals surface area contributed by atoms with Gasteiger partial charge in [0.15, 0.2) is 0 Å². The molecule has 1 aromatic carbocycles. The Bertz CT molecular complexity index is 736.